The Hall–Kier alpha value is -3.25. The molecule has 2 amide bonds. The summed E-state index contributed by atoms with van der Waals surface area (Å²) in [6, 6.07) is 18.8. The Morgan fingerprint density at radius 3 is 2.29 bits per heavy atom. The second kappa shape index (κ2) is 7.40. The summed E-state index contributed by atoms with van der Waals surface area (Å²) in [6.45, 7) is 2.40. The first kappa shape index (κ1) is 18.1. The summed E-state index contributed by atoms with van der Waals surface area (Å²) in [5, 5.41) is 1.85. The van der Waals surface area contributed by atoms with Gasteiger partial charge in [0, 0.05) is 17.1 Å². The molecule has 28 heavy (non-hydrogen) atoms. The molecule has 2 aromatic carbocycles. The number of hydrogen-bond donors (Lipinski definition) is 0. The molecule has 0 N–H and O–H groups in total. The van der Waals surface area contributed by atoms with E-state index in [2.05, 4.69) is 0 Å². The average Bonchev–Trinajstić information content (AvgIpc) is 3.31. The third-order valence-corrected chi connectivity index (χ3v) is 5.46. The van der Waals surface area contributed by atoms with E-state index in [1.807, 2.05) is 48.7 Å². The zero-order valence-electron chi connectivity index (χ0n) is 15.1. The largest absolute Gasteiger partial charge is 0.337 e. The summed E-state index contributed by atoms with van der Waals surface area (Å²) in [6.07, 6.45) is 0. The van der Waals surface area contributed by atoms with Crippen LogP contribution in [0.15, 0.2) is 77.8 Å². The molecule has 3 aromatic rings. The highest BCUT2D eigenvalue weighted by Gasteiger charge is 2.43. The fraction of sp³-hybridized carbons (Fsp3) is 0.0909. The maximum atomic E-state index is 14.4. The predicted molar refractivity (Wildman–Crippen MR) is 110 cm³/mol. The molecule has 0 spiro atoms. The van der Waals surface area contributed by atoms with E-state index in [1.165, 1.54) is 29.5 Å². The number of para-hydroxylation sites is 2. The van der Waals surface area contributed by atoms with Crippen LogP contribution in [-0.2, 0) is 9.59 Å². The molecule has 4 rings (SSSR count). The zero-order valence-corrected chi connectivity index (χ0v) is 15.9. The molecule has 1 aromatic heterocycles. The number of likely N-dealkylation sites (N-methyl/N-ethyl adjacent to an activating group) is 1. The monoisotopic (exact) mass is 392 g/mol. The molecule has 6 heteroatoms. The van der Waals surface area contributed by atoms with Crippen LogP contribution in [0.5, 0.6) is 0 Å². The molecule has 0 bridgehead atoms. The maximum Gasteiger partial charge on any atom is 0.282 e. The number of imide groups is 1. The van der Waals surface area contributed by atoms with Crippen molar-refractivity contribution < 1.29 is 14.0 Å². The van der Waals surface area contributed by atoms with Gasteiger partial charge in [-0.25, -0.2) is 9.29 Å². The van der Waals surface area contributed by atoms with Crippen molar-refractivity contribution in [2.24, 2.45) is 0 Å². The quantitative estimate of drug-likeness (QED) is 0.591. The smallest absolute Gasteiger partial charge is 0.282 e. The van der Waals surface area contributed by atoms with Gasteiger partial charge in [0.25, 0.3) is 11.8 Å². The lowest BCUT2D eigenvalue weighted by Gasteiger charge is -2.24. The van der Waals surface area contributed by atoms with Crippen LogP contribution in [0.2, 0.25) is 0 Å². The Kier molecular flexibility index (Phi) is 4.79. The van der Waals surface area contributed by atoms with Crippen LogP contribution in [0, 0.1) is 5.82 Å². The molecule has 0 atom stereocenters. The van der Waals surface area contributed by atoms with Gasteiger partial charge >= 0.3 is 0 Å². The van der Waals surface area contributed by atoms with Gasteiger partial charge in [-0.1, -0.05) is 36.4 Å². The van der Waals surface area contributed by atoms with E-state index in [-0.39, 0.29) is 11.4 Å². The lowest BCUT2D eigenvalue weighted by Crippen LogP contribution is -2.35. The average molecular weight is 392 g/mol. The molecular weight excluding hydrogens is 375 g/mol. The standard InChI is InChI=1S/C22H17FN2O2S/c1-2-24(15-9-4-3-5-10-15)20-19(18-13-8-14-28-18)21(26)25(22(20)27)17-12-7-6-11-16(17)23/h3-14H,2H2,1H3. The lowest BCUT2D eigenvalue weighted by atomic mass is 10.1. The van der Waals surface area contributed by atoms with Crippen molar-refractivity contribution in [1.82, 2.24) is 0 Å². The van der Waals surface area contributed by atoms with E-state index in [4.69, 9.17) is 0 Å². The van der Waals surface area contributed by atoms with Crippen LogP contribution in [0.1, 0.15) is 11.8 Å². The van der Waals surface area contributed by atoms with E-state index in [0.29, 0.717) is 17.0 Å². The summed E-state index contributed by atoms with van der Waals surface area (Å²) in [7, 11) is 0. The van der Waals surface area contributed by atoms with Gasteiger partial charge in [0.15, 0.2) is 0 Å². The lowest BCUT2D eigenvalue weighted by molar-refractivity contribution is -0.120. The number of nitrogens with zero attached hydrogens (tertiary/aromatic N) is 2. The number of hydrogen-bond acceptors (Lipinski definition) is 4. The molecule has 2 heterocycles. The number of halogens is 1. The van der Waals surface area contributed by atoms with Crippen LogP contribution < -0.4 is 9.80 Å². The molecule has 140 valence electrons. The summed E-state index contributed by atoms with van der Waals surface area (Å²) in [5.41, 5.74) is 1.33. The Bertz CT molecular complexity index is 1060. The van der Waals surface area contributed by atoms with E-state index in [9.17, 15) is 14.0 Å². The molecule has 0 aliphatic carbocycles. The molecule has 0 saturated heterocycles. The highest BCUT2D eigenvalue weighted by molar-refractivity contribution is 7.11. The van der Waals surface area contributed by atoms with Gasteiger partial charge < -0.3 is 4.90 Å². The van der Waals surface area contributed by atoms with Crippen LogP contribution in [0.25, 0.3) is 5.57 Å². The Labute approximate surface area is 166 Å². The molecule has 0 unspecified atom stereocenters. The number of rotatable bonds is 5. The molecule has 4 nitrogen and oxygen atoms in total. The molecular formula is C22H17FN2O2S. The van der Waals surface area contributed by atoms with Crippen molar-refractivity contribution >= 4 is 40.1 Å². The molecule has 1 aliphatic rings. The first-order chi connectivity index (χ1) is 13.6. The molecule has 1 aliphatic heterocycles. The summed E-state index contributed by atoms with van der Waals surface area (Å²) in [4.78, 5) is 30.1. The summed E-state index contributed by atoms with van der Waals surface area (Å²) < 4.78 is 14.4. The Morgan fingerprint density at radius 2 is 1.64 bits per heavy atom. The van der Waals surface area contributed by atoms with Gasteiger partial charge in [0.2, 0.25) is 0 Å². The minimum Gasteiger partial charge on any atom is -0.337 e. The zero-order chi connectivity index (χ0) is 19.7. The first-order valence-corrected chi connectivity index (χ1v) is 9.75. The summed E-state index contributed by atoms with van der Waals surface area (Å²) in [5.74, 6) is -1.65. The SMILES string of the molecule is CCN(C1=C(c2cccs2)C(=O)N(c2ccccc2F)C1=O)c1ccccc1. The minimum atomic E-state index is -0.612. The minimum absolute atomic E-state index is 0.0364. The second-order valence-electron chi connectivity index (χ2n) is 6.18. The Balaban J connectivity index is 1.90. The highest BCUT2D eigenvalue weighted by atomic mass is 32.1. The second-order valence-corrected chi connectivity index (χ2v) is 7.13. The number of benzene rings is 2. The third kappa shape index (κ3) is 2.92. The van der Waals surface area contributed by atoms with Crippen LogP contribution in [0.3, 0.4) is 0 Å². The van der Waals surface area contributed by atoms with E-state index in [1.54, 1.807) is 17.0 Å². The van der Waals surface area contributed by atoms with Crippen molar-refractivity contribution in [3.8, 4) is 0 Å². The van der Waals surface area contributed by atoms with Crippen LogP contribution in [0.4, 0.5) is 15.8 Å². The third-order valence-electron chi connectivity index (χ3n) is 4.57. The number of amides is 2. The van der Waals surface area contributed by atoms with Crippen molar-refractivity contribution in [1.29, 1.82) is 0 Å². The van der Waals surface area contributed by atoms with Gasteiger partial charge in [0.1, 0.15) is 11.5 Å². The van der Waals surface area contributed by atoms with Gasteiger partial charge in [-0.05, 0) is 42.6 Å². The topological polar surface area (TPSA) is 40.6 Å². The molecule has 0 fully saturated rings. The van der Waals surface area contributed by atoms with Gasteiger partial charge in [0.05, 0.1) is 11.3 Å². The number of thiophene rings is 1. The van der Waals surface area contributed by atoms with Gasteiger partial charge in [-0.15, -0.1) is 11.3 Å². The van der Waals surface area contributed by atoms with E-state index < -0.39 is 17.6 Å². The van der Waals surface area contributed by atoms with E-state index in [0.717, 1.165) is 10.6 Å². The van der Waals surface area contributed by atoms with Crippen molar-refractivity contribution in [3.63, 3.8) is 0 Å². The summed E-state index contributed by atoms with van der Waals surface area (Å²) >= 11 is 1.38. The first-order valence-electron chi connectivity index (χ1n) is 8.87. The fourth-order valence-corrected chi connectivity index (χ4v) is 4.10. The van der Waals surface area contributed by atoms with E-state index >= 15 is 0 Å². The number of anilines is 2. The van der Waals surface area contributed by atoms with Crippen molar-refractivity contribution in [2.45, 2.75) is 6.92 Å². The van der Waals surface area contributed by atoms with Crippen molar-refractivity contribution in [3.05, 3.63) is 88.5 Å². The predicted octanol–water partition coefficient (Wildman–Crippen LogP) is 4.70. The highest BCUT2D eigenvalue weighted by Crippen LogP contribution is 2.38. The van der Waals surface area contributed by atoms with Crippen LogP contribution >= 0.6 is 11.3 Å². The van der Waals surface area contributed by atoms with Crippen molar-refractivity contribution in [2.75, 3.05) is 16.3 Å². The maximum absolute atomic E-state index is 14.4. The normalized spacial score (nSPS) is 14.1. The van der Waals surface area contributed by atoms with Gasteiger partial charge in [-0.3, -0.25) is 9.59 Å². The number of carbonyl (C=O) groups is 2. The fourth-order valence-electron chi connectivity index (χ4n) is 3.34. The Morgan fingerprint density at radius 1 is 0.929 bits per heavy atom. The van der Waals surface area contributed by atoms with Gasteiger partial charge in [-0.2, -0.15) is 0 Å². The molecule has 0 saturated carbocycles. The molecule has 0 radical (unpaired) electrons. The van der Waals surface area contributed by atoms with Crippen LogP contribution in [-0.4, -0.2) is 18.4 Å². The number of carbonyl (C=O) groups excluding carboxylic acids is 2.